The van der Waals surface area contributed by atoms with E-state index < -0.39 is 0 Å². The number of aliphatic hydroxyl groups is 1. The maximum Gasteiger partial charge on any atom is 0.0610 e. The van der Waals surface area contributed by atoms with E-state index in [1.807, 2.05) is 0 Å². The molecule has 116 valence electrons. The van der Waals surface area contributed by atoms with Crippen molar-refractivity contribution in [2.24, 2.45) is 5.41 Å². The van der Waals surface area contributed by atoms with Gasteiger partial charge in [0.1, 0.15) is 0 Å². The molecule has 0 bridgehead atoms. The van der Waals surface area contributed by atoms with Gasteiger partial charge in [-0.05, 0) is 52.2 Å². The van der Waals surface area contributed by atoms with Crippen LogP contribution in [0.25, 0.3) is 0 Å². The first kappa shape index (κ1) is 18.9. The van der Waals surface area contributed by atoms with Gasteiger partial charge in [0.25, 0.3) is 0 Å². The van der Waals surface area contributed by atoms with Gasteiger partial charge in [0.2, 0.25) is 0 Å². The van der Waals surface area contributed by atoms with Gasteiger partial charge in [0.15, 0.2) is 0 Å². The van der Waals surface area contributed by atoms with Gasteiger partial charge in [0, 0.05) is 11.6 Å². The molecule has 3 heteroatoms. The summed E-state index contributed by atoms with van der Waals surface area (Å²) in [5, 5.41) is 12.8. The molecule has 2 unspecified atom stereocenters. The molecule has 0 aromatic heterocycles. The lowest BCUT2D eigenvalue weighted by atomic mass is 9.87. The molecule has 0 aliphatic heterocycles. The second kappa shape index (κ2) is 8.23. The van der Waals surface area contributed by atoms with Crippen LogP contribution in [0, 0.1) is 5.41 Å². The molecule has 0 aliphatic rings. The lowest BCUT2D eigenvalue weighted by molar-refractivity contribution is 0.133. The lowest BCUT2D eigenvalue weighted by Crippen LogP contribution is -2.45. The molecule has 0 saturated heterocycles. The Morgan fingerprint density at radius 3 is 2.16 bits per heavy atom. The molecule has 0 aliphatic carbocycles. The van der Waals surface area contributed by atoms with Gasteiger partial charge in [-0.1, -0.05) is 34.1 Å². The third kappa shape index (κ3) is 7.28. The van der Waals surface area contributed by atoms with E-state index >= 15 is 0 Å². The van der Waals surface area contributed by atoms with E-state index in [4.69, 9.17) is 0 Å². The number of rotatable bonds is 9. The average Bonchev–Trinajstić information content (AvgIpc) is 2.32. The first-order valence-electron chi connectivity index (χ1n) is 7.72. The summed E-state index contributed by atoms with van der Waals surface area (Å²) in [6.45, 7) is 15.6. The summed E-state index contributed by atoms with van der Waals surface area (Å²) in [7, 11) is 2.21. The van der Waals surface area contributed by atoms with Gasteiger partial charge in [-0.25, -0.2) is 0 Å². The molecule has 0 aromatic carbocycles. The number of nitrogens with zero attached hydrogens (tertiary/aromatic N) is 1. The highest BCUT2D eigenvalue weighted by Gasteiger charge is 2.24. The van der Waals surface area contributed by atoms with Crippen molar-refractivity contribution in [1.29, 1.82) is 0 Å². The zero-order valence-electron chi connectivity index (χ0n) is 14.2. The predicted molar refractivity (Wildman–Crippen MR) is 84.6 cm³/mol. The molecule has 0 fully saturated rings. The molecule has 0 saturated carbocycles. The van der Waals surface area contributed by atoms with Gasteiger partial charge in [-0.3, -0.25) is 0 Å². The Kier molecular flexibility index (Phi) is 8.18. The molecule has 0 heterocycles. The molecule has 3 nitrogen and oxygen atoms in total. The molecule has 0 rings (SSSR count). The standard InChI is InChI=1S/C16H36N2O/c1-8-17-16(6,13-19)11-9-10-12-18(7)14(2)15(3,4)5/h14,17,19H,8-13H2,1-7H3. The molecule has 2 atom stereocenters. The Morgan fingerprint density at radius 1 is 1.16 bits per heavy atom. The summed E-state index contributed by atoms with van der Waals surface area (Å²) >= 11 is 0. The van der Waals surface area contributed by atoms with Crippen LogP contribution in [-0.4, -0.2) is 48.3 Å². The number of unbranched alkanes of at least 4 members (excludes halogenated alkanes) is 1. The van der Waals surface area contributed by atoms with Crippen molar-refractivity contribution in [3.63, 3.8) is 0 Å². The highest BCUT2D eigenvalue weighted by Crippen LogP contribution is 2.23. The SMILES string of the molecule is CCNC(C)(CO)CCCCN(C)C(C)C(C)(C)C. The summed E-state index contributed by atoms with van der Waals surface area (Å²) in [5.41, 5.74) is 0.223. The van der Waals surface area contributed by atoms with Gasteiger partial charge >= 0.3 is 0 Å². The molecular formula is C16H36N2O. The van der Waals surface area contributed by atoms with E-state index in [9.17, 15) is 5.11 Å². The number of likely N-dealkylation sites (N-methyl/N-ethyl adjacent to an activating group) is 1. The quantitative estimate of drug-likeness (QED) is 0.634. The maximum absolute atomic E-state index is 9.45. The smallest absolute Gasteiger partial charge is 0.0610 e. The Bertz CT molecular complexity index is 237. The van der Waals surface area contributed by atoms with Gasteiger partial charge in [-0.15, -0.1) is 0 Å². The van der Waals surface area contributed by atoms with E-state index in [1.165, 1.54) is 6.42 Å². The number of nitrogens with one attached hydrogen (secondary N) is 1. The van der Waals surface area contributed by atoms with Crippen molar-refractivity contribution in [2.45, 2.75) is 72.4 Å². The largest absolute Gasteiger partial charge is 0.394 e. The molecule has 19 heavy (non-hydrogen) atoms. The lowest BCUT2D eigenvalue weighted by Gasteiger charge is -2.35. The van der Waals surface area contributed by atoms with Crippen LogP contribution in [0.2, 0.25) is 0 Å². The zero-order valence-corrected chi connectivity index (χ0v) is 14.2. The Hall–Kier alpha value is -0.120. The molecular weight excluding hydrogens is 236 g/mol. The van der Waals surface area contributed by atoms with E-state index in [2.05, 4.69) is 58.8 Å². The van der Waals surface area contributed by atoms with Crippen molar-refractivity contribution in [3.8, 4) is 0 Å². The predicted octanol–water partition coefficient (Wildman–Crippen LogP) is 2.88. The fourth-order valence-corrected chi connectivity index (χ4v) is 2.38. The number of hydrogen-bond acceptors (Lipinski definition) is 3. The van der Waals surface area contributed by atoms with E-state index in [0.717, 1.165) is 25.9 Å². The average molecular weight is 272 g/mol. The Labute approximate surface area is 120 Å². The summed E-state index contributed by atoms with van der Waals surface area (Å²) < 4.78 is 0. The first-order chi connectivity index (χ1) is 8.66. The van der Waals surface area contributed by atoms with Crippen LogP contribution in [-0.2, 0) is 0 Å². The van der Waals surface area contributed by atoms with Gasteiger partial charge in [0.05, 0.1) is 6.61 Å². The first-order valence-corrected chi connectivity index (χ1v) is 7.72. The fourth-order valence-electron chi connectivity index (χ4n) is 2.38. The maximum atomic E-state index is 9.45. The summed E-state index contributed by atoms with van der Waals surface area (Å²) in [6, 6.07) is 0.588. The van der Waals surface area contributed by atoms with Crippen molar-refractivity contribution in [2.75, 3.05) is 26.7 Å². The van der Waals surface area contributed by atoms with Crippen LogP contribution in [0.4, 0.5) is 0 Å². The third-order valence-corrected chi connectivity index (χ3v) is 4.36. The van der Waals surface area contributed by atoms with Crippen molar-refractivity contribution in [1.82, 2.24) is 10.2 Å². The van der Waals surface area contributed by atoms with E-state index in [-0.39, 0.29) is 12.1 Å². The zero-order chi connectivity index (χ0) is 15.1. The molecule has 0 aromatic rings. The van der Waals surface area contributed by atoms with Gasteiger partial charge < -0.3 is 15.3 Å². The highest BCUT2D eigenvalue weighted by molar-refractivity contribution is 4.82. The number of aliphatic hydroxyl groups excluding tert-OH is 1. The molecule has 0 spiro atoms. The molecule has 0 amide bonds. The summed E-state index contributed by atoms with van der Waals surface area (Å²) in [6.07, 6.45) is 3.39. The van der Waals surface area contributed by atoms with Crippen LogP contribution in [0.1, 0.15) is 60.8 Å². The number of hydrogen-bond donors (Lipinski definition) is 2. The van der Waals surface area contributed by atoms with Crippen LogP contribution in [0.15, 0.2) is 0 Å². The minimum Gasteiger partial charge on any atom is -0.394 e. The fraction of sp³-hybridized carbons (Fsp3) is 1.00. The van der Waals surface area contributed by atoms with E-state index in [0.29, 0.717) is 11.5 Å². The summed E-state index contributed by atoms with van der Waals surface area (Å²) in [4.78, 5) is 2.45. The molecule has 0 radical (unpaired) electrons. The van der Waals surface area contributed by atoms with E-state index in [1.54, 1.807) is 0 Å². The second-order valence-electron chi connectivity index (χ2n) is 7.23. The topological polar surface area (TPSA) is 35.5 Å². The minimum atomic E-state index is -0.108. The van der Waals surface area contributed by atoms with Crippen LogP contribution in [0.3, 0.4) is 0 Å². The second-order valence-corrected chi connectivity index (χ2v) is 7.23. The molecule has 2 N–H and O–H groups in total. The third-order valence-electron chi connectivity index (χ3n) is 4.36. The van der Waals surface area contributed by atoms with Crippen molar-refractivity contribution in [3.05, 3.63) is 0 Å². The highest BCUT2D eigenvalue weighted by atomic mass is 16.3. The minimum absolute atomic E-state index is 0.108. The normalized spacial score (nSPS) is 17.5. The summed E-state index contributed by atoms with van der Waals surface area (Å²) in [5.74, 6) is 0. The van der Waals surface area contributed by atoms with Crippen molar-refractivity contribution < 1.29 is 5.11 Å². The Morgan fingerprint density at radius 2 is 1.74 bits per heavy atom. The monoisotopic (exact) mass is 272 g/mol. The van der Waals surface area contributed by atoms with Crippen LogP contribution < -0.4 is 5.32 Å². The Balaban J connectivity index is 3.98. The van der Waals surface area contributed by atoms with Gasteiger partial charge in [-0.2, -0.15) is 0 Å². The van der Waals surface area contributed by atoms with Crippen molar-refractivity contribution >= 4 is 0 Å². The van der Waals surface area contributed by atoms with Crippen LogP contribution >= 0.6 is 0 Å². The van der Waals surface area contributed by atoms with Crippen LogP contribution in [0.5, 0.6) is 0 Å².